The van der Waals surface area contributed by atoms with Crippen LogP contribution in [0.1, 0.15) is 45.6 Å². The molecule has 0 aliphatic rings. The van der Waals surface area contributed by atoms with E-state index in [4.69, 9.17) is 0 Å². The molecule has 1 amide bonds. The summed E-state index contributed by atoms with van der Waals surface area (Å²) in [5, 5.41) is 2.94. The van der Waals surface area contributed by atoms with Crippen molar-refractivity contribution < 1.29 is 22.2 Å². The average molecular weight is 399 g/mol. The topological polar surface area (TPSA) is 86.3 Å². The van der Waals surface area contributed by atoms with Crippen LogP contribution in [0.25, 0.3) is 0 Å². The van der Waals surface area contributed by atoms with Crippen molar-refractivity contribution in [2.75, 3.05) is 26.3 Å². The van der Waals surface area contributed by atoms with E-state index >= 15 is 0 Å². The Bertz CT molecular complexity index is 653. The molecule has 0 aromatic heterocycles. The van der Waals surface area contributed by atoms with Crippen molar-refractivity contribution >= 4 is 16.0 Å². The normalized spacial score (nSPS) is 11.3. The van der Waals surface area contributed by atoms with Crippen LogP contribution in [0.15, 0.2) is 41.8 Å². The number of rotatable bonds is 10. The molecule has 0 atom stereocenters. The lowest BCUT2D eigenvalue weighted by Gasteiger charge is -2.38. The van der Waals surface area contributed by atoms with E-state index in [0.29, 0.717) is 0 Å². The lowest BCUT2D eigenvalue weighted by molar-refractivity contribution is -0.930. The molecule has 1 N–H and O–H groups in total. The molecule has 1 aromatic carbocycles. The minimum Gasteiger partial charge on any atom is -0.744 e. The number of benzene rings is 1. The van der Waals surface area contributed by atoms with Gasteiger partial charge in [0, 0.05) is 0 Å². The highest BCUT2D eigenvalue weighted by Gasteiger charge is 2.24. The standard InChI is InChI=1S/C13H26N2O.C7H8O3S/c1-5-9-15(10-6-2,11-7-3)12-14-13(16)8-4;1-6-2-4-7(5-3-6)11(8,9)10/h8H,4-7,9-12H2,1-3H3;2-5H,1H3,(H,8,9,10). The molecule has 1 rings (SSSR count). The van der Waals surface area contributed by atoms with Gasteiger partial charge in [0.05, 0.1) is 24.5 Å². The highest BCUT2D eigenvalue weighted by atomic mass is 32.2. The van der Waals surface area contributed by atoms with Crippen molar-refractivity contribution in [1.82, 2.24) is 5.32 Å². The fourth-order valence-corrected chi connectivity index (χ4v) is 3.49. The molecule has 6 nitrogen and oxygen atoms in total. The number of nitrogens with one attached hydrogen (secondary N) is 1. The van der Waals surface area contributed by atoms with Crippen molar-refractivity contribution in [2.24, 2.45) is 0 Å². The Morgan fingerprint density at radius 1 is 1.07 bits per heavy atom. The number of hydrogen-bond acceptors (Lipinski definition) is 4. The second kappa shape index (κ2) is 12.6. The summed E-state index contributed by atoms with van der Waals surface area (Å²) in [5.74, 6) is -0.0641. The Morgan fingerprint density at radius 3 is 1.85 bits per heavy atom. The third kappa shape index (κ3) is 10.3. The van der Waals surface area contributed by atoms with Crippen LogP contribution in [0.4, 0.5) is 0 Å². The molecule has 0 fully saturated rings. The molecular formula is C20H34N2O4S. The average Bonchev–Trinajstić information content (AvgIpc) is 2.60. The Kier molecular flexibility index (Phi) is 11.8. The van der Waals surface area contributed by atoms with Crippen molar-refractivity contribution in [3.8, 4) is 0 Å². The number of hydrogen-bond donors (Lipinski definition) is 1. The maximum atomic E-state index is 11.2. The molecule has 0 heterocycles. The number of carbonyl (C=O) groups excluding carboxylic acids is 1. The van der Waals surface area contributed by atoms with E-state index in [2.05, 4.69) is 32.7 Å². The summed E-state index contributed by atoms with van der Waals surface area (Å²) in [5.41, 5.74) is 0.928. The van der Waals surface area contributed by atoms with Gasteiger partial charge in [-0.05, 0) is 44.4 Å². The molecule has 7 heteroatoms. The number of aryl methyl sites for hydroxylation is 1. The van der Waals surface area contributed by atoms with Crippen LogP contribution in [-0.2, 0) is 14.9 Å². The van der Waals surface area contributed by atoms with Gasteiger partial charge < -0.3 is 14.4 Å². The summed E-state index contributed by atoms with van der Waals surface area (Å²) in [6, 6.07) is 5.78. The van der Waals surface area contributed by atoms with Crippen LogP contribution >= 0.6 is 0 Å². The van der Waals surface area contributed by atoms with Crippen LogP contribution in [0.3, 0.4) is 0 Å². The van der Waals surface area contributed by atoms with Gasteiger partial charge in [-0.25, -0.2) is 8.42 Å². The van der Waals surface area contributed by atoms with E-state index in [1.54, 1.807) is 12.1 Å². The first-order chi connectivity index (χ1) is 12.6. The lowest BCUT2D eigenvalue weighted by atomic mass is 10.2. The van der Waals surface area contributed by atoms with Gasteiger partial charge in [0.15, 0.2) is 6.67 Å². The maximum Gasteiger partial charge on any atom is 0.247 e. The summed E-state index contributed by atoms with van der Waals surface area (Å²) < 4.78 is 32.2. The second-order valence-electron chi connectivity index (χ2n) is 6.68. The van der Waals surface area contributed by atoms with E-state index in [1.807, 2.05) is 6.92 Å². The minimum absolute atomic E-state index is 0.0641. The number of nitrogens with zero attached hydrogens (tertiary/aromatic N) is 1. The Balaban J connectivity index is 0.000000533. The zero-order valence-corrected chi connectivity index (χ0v) is 17.8. The lowest BCUT2D eigenvalue weighted by Crippen LogP contribution is -2.55. The molecule has 0 saturated heterocycles. The van der Waals surface area contributed by atoms with Crippen LogP contribution in [0.2, 0.25) is 0 Å². The molecular weight excluding hydrogens is 364 g/mol. The van der Waals surface area contributed by atoms with Crippen molar-refractivity contribution in [2.45, 2.75) is 51.9 Å². The second-order valence-corrected chi connectivity index (χ2v) is 8.06. The highest BCUT2D eigenvalue weighted by Crippen LogP contribution is 2.10. The Morgan fingerprint density at radius 2 is 1.52 bits per heavy atom. The Labute approximate surface area is 164 Å². The summed E-state index contributed by atoms with van der Waals surface area (Å²) in [4.78, 5) is 11.1. The van der Waals surface area contributed by atoms with Gasteiger partial charge in [0.25, 0.3) is 0 Å². The first-order valence-corrected chi connectivity index (χ1v) is 10.8. The van der Waals surface area contributed by atoms with Gasteiger partial charge in [-0.2, -0.15) is 0 Å². The maximum absolute atomic E-state index is 11.2. The quantitative estimate of drug-likeness (QED) is 0.284. The zero-order valence-electron chi connectivity index (χ0n) is 17.0. The van der Waals surface area contributed by atoms with Gasteiger partial charge in [0.2, 0.25) is 5.91 Å². The van der Waals surface area contributed by atoms with E-state index in [-0.39, 0.29) is 10.8 Å². The summed E-state index contributed by atoms with van der Waals surface area (Å²) in [7, 11) is -4.27. The summed E-state index contributed by atoms with van der Waals surface area (Å²) >= 11 is 0. The van der Waals surface area contributed by atoms with Crippen molar-refractivity contribution in [3.05, 3.63) is 42.5 Å². The van der Waals surface area contributed by atoms with Gasteiger partial charge in [-0.15, -0.1) is 0 Å². The first kappa shape index (κ1) is 25.3. The van der Waals surface area contributed by atoms with Crippen LogP contribution in [0.5, 0.6) is 0 Å². The third-order valence-electron chi connectivity index (χ3n) is 4.18. The third-order valence-corrected chi connectivity index (χ3v) is 5.03. The molecule has 0 spiro atoms. The van der Waals surface area contributed by atoms with Gasteiger partial charge >= 0.3 is 0 Å². The predicted molar refractivity (Wildman–Crippen MR) is 108 cm³/mol. The molecule has 0 radical (unpaired) electrons. The molecule has 0 saturated carbocycles. The largest absolute Gasteiger partial charge is 0.744 e. The van der Waals surface area contributed by atoms with E-state index in [9.17, 15) is 17.8 Å². The van der Waals surface area contributed by atoms with Crippen LogP contribution < -0.4 is 5.32 Å². The fourth-order valence-electron chi connectivity index (χ4n) is 3.02. The van der Waals surface area contributed by atoms with Crippen molar-refractivity contribution in [1.29, 1.82) is 0 Å². The molecule has 0 aliphatic heterocycles. The van der Waals surface area contributed by atoms with Crippen LogP contribution in [0, 0.1) is 6.92 Å². The summed E-state index contributed by atoms with van der Waals surface area (Å²) in [6.07, 6.45) is 4.82. The highest BCUT2D eigenvalue weighted by molar-refractivity contribution is 7.85. The van der Waals surface area contributed by atoms with E-state index in [1.165, 1.54) is 18.2 Å². The van der Waals surface area contributed by atoms with Crippen molar-refractivity contribution in [3.63, 3.8) is 0 Å². The van der Waals surface area contributed by atoms with Gasteiger partial charge in [-0.3, -0.25) is 4.79 Å². The predicted octanol–water partition coefficient (Wildman–Crippen LogP) is 3.19. The van der Waals surface area contributed by atoms with E-state index in [0.717, 1.165) is 55.6 Å². The first-order valence-electron chi connectivity index (χ1n) is 9.42. The molecule has 0 unspecified atom stereocenters. The minimum atomic E-state index is -4.27. The number of amides is 1. The molecule has 0 bridgehead atoms. The van der Waals surface area contributed by atoms with Crippen LogP contribution in [-0.4, -0.2) is 49.7 Å². The zero-order chi connectivity index (χ0) is 20.9. The van der Waals surface area contributed by atoms with Gasteiger partial charge in [0.1, 0.15) is 10.1 Å². The monoisotopic (exact) mass is 398 g/mol. The number of carbonyl (C=O) groups is 1. The van der Waals surface area contributed by atoms with E-state index < -0.39 is 10.1 Å². The molecule has 154 valence electrons. The molecule has 0 aliphatic carbocycles. The number of quaternary nitrogens is 1. The van der Waals surface area contributed by atoms with Gasteiger partial charge in [-0.1, -0.05) is 45.0 Å². The molecule has 27 heavy (non-hydrogen) atoms. The Hall–Kier alpha value is -1.70. The SMILES string of the molecule is C=CC(=O)NC[N+](CCC)(CCC)CCC.Cc1ccc(S(=O)(=O)[O-])cc1. The smallest absolute Gasteiger partial charge is 0.247 e. The fraction of sp³-hybridized carbons (Fsp3) is 0.550. The molecule has 1 aromatic rings. The summed E-state index contributed by atoms with van der Waals surface area (Å²) in [6.45, 7) is 16.1.